The predicted octanol–water partition coefficient (Wildman–Crippen LogP) is 2.84. The minimum absolute atomic E-state index is 0.108. The molecule has 0 bridgehead atoms. The van der Waals surface area contributed by atoms with E-state index >= 15 is 0 Å². The Morgan fingerprint density at radius 2 is 1.88 bits per heavy atom. The predicted molar refractivity (Wildman–Crippen MR) is 87.5 cm³/mol. The number of amides is 1. The van der Waals surface area contributed by atoms with E-state index in [9.17, 15) is 19.7 Å². The molecule has 0 saturated heterocycles. The third kappa shape index (κ3) is 4.53. The first kappa shape index (κ1) is 17.9. The Labute approximate surface area is 140 Å². The average molecular weight is 334 g/mol. The topological polar surface area (TPSA) is 98.5 Å². The average Bonchev–Trinajstić information content (AvgIpc) is 2.56. The van der Waals surface area contributed by atoms with Gasteiger partial charge in [-0.1, -0.05) is 19.8 Å². The summed E-state index contributed by atoms with van der Waals surface area (Å²) in [6, 6.07) is 5.20. The van der Waals surface area contributed by atoms with Crippen LogP contribution in [0.4, 0.5) is 5.69 Å². The molecule has 1 N–H and O–H groups in total. The second kappa shape index (κ2) is 7.90. The van der Waals surface area contributed by atoms with Crippen molar-refractivity contribution in [3.05, 3.63) is 39.9 Å². The summed E-state index contributed by atoms with van der Waals surface area (Å²) in [5.41, 5.74) is 0.0647. The molecule has 0 unspecified atom stereocenters. The van der Waals surface area contributed by atoms with Crippen LogP contribution in [0.3, 0.4) is 0 Å². The second-order valence-electron chi connectivity index (χ2n) is 6.23. The first-order valence-electron chi connectivity index (χ1n) is 8.14. The van der Waals surface area contributed by atoms with E-state index < -0.39 is 17.0 Å². The quantitative estimate of drug-likeness (QED) is 0.507. The molecular weight excluding hydrogens is 312 g/mol. The van der Waals surface area contributed by atoms with Gasteiger partial charge < -0.3 is 10.1 Å². The molecule has 24 heavy (non-hydrogen) atoms. The molecule has 3 atom stereocenters. The first-order valence-corrected chi connectivity index (χ1v) is 8.14. The van der Waals surface area contributed by atoms with Crippen LogP contribution in [0.2, 0.25) is 0 Å². The summed E-state index contributed by atoms with van der Waals surface area (Å²) in [7, 11) is 0. The van der Waals surface area contributed by atoms with Crippen LogP contribution in [0.25, 0.3) is 0 Å². The third-order valence-corrected chi connectivity index (χ3v) is 4.41. The molecule has 0 aliphatic heterocycles. The van der Waals surface area contributed by atoms with Crippen LogP contribution >= 0.6 is 0 Å². The van der Waals surface area contributed by atoms with Crippen molar-refractivity contribution in [1.82, 2.24) is 5.32 Å². The Hall–Kier alpha value is -2.44. The Bertz CT molecular complexity index is 614. The van der Waals surface area contributed by atoms with Gasteiger partial charge in [0.05, 0.1) is 10.5 Å². The minimum Gasteiger partial charge on any atom is -0.449 e. The summed E-state index contributed by atoms with van der Waals surface area (Å²) in [6.45, 7) is 3.63. The van der Waals surface area contributed by atoms with Gasteiger partial charge in [0.15, 0.2) is 6.10 Å². The molecule has 1 aliphatic rings. The molecule has 7 heteroatoms. The number of nitro groups is 1. The maximum atomic E-state index is 12.2. The Kier molecular flexibility index (Phi) is 5.89. The number of hydrogen-bond donors (Lipinski definition) is 1. The van der Waals surface area contributed by atoms with Crippen LogP contribution in [0, 0.1) is 16.0 Å². The van der Waals surface area contributed by atoms with E-state index in [1.165, 1.54) is 37.6 Å². The number of non-ortho nitro benzene ring substituents is 1. The summed E-state index contributed by atoms with van der Waals surface area (Å²) in [4.78, 5) is 34.3. The van der Waals surface area contributed by atoms with Crippen LogP contribution in [0.15, 0.2) is 24.3 Å². The van der Waals surface area contributed by atoms with Gasteiger partial charge in [-0.05, 0) is 37.8 Å². The number of esters is 1. The van der Waals surface area contributed by atoms with E-state index in [4.69, 9.17) is 4.74 Å². The molecule has 1 aliphatic carbocycles. The van der Waals surface area contributed by atoms with E-state index in [1.807, 2.05) is 0 Å². The number of carbonyl (C=O) groups excluding carboxylic acids is 2. The SMILES string of the molecule is C[C@@H](OC(=O)c1ccc([N+](=O)[O-])cc1)C(=O)N[C@@H]1CCCC[C@@H]1C. The monoisotopic (exact) mass is 334 g/mol. The molecule has 0 aromatic heterocycles. The number of nitrogens with one attached hydrogen (secondary N) is 1. The summed E-state index contributed by atoms with van der Waals surface area (Å²) >= 11 is 0. The lowest BCUT2D eigenvalue weighted by Gasteiger charge is -2.30. The highest BCUT2D eigenvalue weighted by atomic mass is 16.6. The third-order valence-electron chi connectivity index (χ3n) is 4.41. The largest absolute Gasteiger partial charge is 0.449 e. The summed E-state index contributed by atoms with van der Waals surface area (Å²) in [6.07, 6.45) is 3.38. The number of rotatable bonds is 5. The highest BCUT2D eigenvalue weighted by molar-refractivity contribution is 5.92. The van der Waals surface area contributed by atoms with Crippen LogP contribution in [0.1, 0.15) is 49.9 Å². The summed E-state index contributed by atoms with van der Waals surface area (Å²) < 4.78 is 5.15. The fourth-order valence-corrected chi connectivity index (χ4v) is 2.83. The molecule has 1 amide bonds. The van der Waals surface area contributed by atoms with E-state index in [0.29, 0.717) is 5.92 Å². The fourth-order valence-electron chi connectivity index (χ4n) is 2.83. The van der Waals surface area contributed by atoms with Crippen molar-refractivity contribution in [3.8, 4) is 0 Å². The van der Waals surface area contributed by atoms with Gasteiger partial charge in [0.25, 0.3) is 11.6 Å². The van der Waals surface area contributed by atoms with Crippen molar-refractivity contribution in [2.24, 2.45) is 5.92 Å². The second-order valence-corrected chi connectivity index (χ2v) is 6.23. The number of ether oxygens (including phenoxy) is 1. The molecule has 2 rings (SSSR count). The van der Waals surface area contributed by atoms with Gasteiger partial charge >= 0.3 is 5.97 Å². The van der Waals surface area contributed by atoms with Crippen molar-refractivity contribution in [3.63, 3.8) is 0 Å². The maximum absolute atomic E-state index is 12.2. The highest BCUT2D eigenvalue weighted by Gasteiger charge is 2.26. The van der Waals surface area contributed by atoms with Crippen molar-refractivity contribution >= 4 is 17.6 Å². The zero-order valence-electron chi connectivity index (χ0n) is 13.9. The lowest BCUT2D eigenvalue weighted by atomic mass is 9.86. The van der Waals surface area contributed by atoms with E-state index in [0.717, 1.165) is 19.3 Å². The van der Waals surface area contributed by atoms with Gasteiger partial charge in [-0.3, -0.25) is 14.9 Å². The van der Waals surface area contributed by atoms with Gasteiger partial charge in [0, 0.05) is 18.2 Å². The number of nitro benzene ring substituents is 1. The van der Waals surface area contributed by atoms with E-state index in [1.54, 1.807) is 0 Å². The number of carbonyl (C=O) groups is 2. The summed E-state index contributed by atoms with van der Waals surface area (Å²) in [5, 5.41) is 13.5. The molecule has 1 fully saturated rings. The Morgan fingerprint density at radius 1 is 1.25 bits per heavy atom. The Balaban J connectivity index is 1.90. The van der Waals surface area contributed by atoms with Crippen molar-refractivity contribution < 1.29 is 19.2 Å². The van der Waals surface area contributed by atoms with Gasteiger partial charge in [-0.15, -0.1) is 0 Å². The lowest BCUT2D eigenvalue weighted by molar-refractivity contribution is -0.384. The first-order chi connectivity index (χ1) is 11.4. The molecular formula is C17H22N2O5. The molecule has 0 radical (unpaired) electrons. The van der Waals surface area contributed by atoms with E-state index in [2.05, 4.69) is 12.2 Å². The maximum Gasteiger partial charge on any atom is 0.338 e. The molecule has 0 heterocycles. The lowest BCUT2D eigenvalue weighted by Crippen LogP contribution is -2.45. The zero-order chi connectivity index (χ0) is 17.7. The van der Waals surface area contributed by atoms with Gasteiger partial charge in [-0.25, -0.2) is 4.79 Å². The highest BCUT2D eigenvalue weighted by Crippen LogP contribution is 2.23. The number of benzene rings is 1. The van der Waals surface area contributed by atoms with Crippen LogP contribution in [0.5, 0.6) is 0 Å². The van der Waals surface area contributed by atoms with Crippen molar-refractivity contribution in [1.29, 1.82) is 0 Å². The Morgan fingerprint density at radius 3 is 2.46 bits per heavy atom. The van der Waals surface area contributed by atoms with Crippen molar-refractivity contribution in [2.45, 2.75) is 51.7 Å². The van der Waals surface area contributed by atoms with Gasteiger partial charge in [0.1, 0.15) is 0 Å². The summed E-state index contributed by atoms with van der Waals surface area (Å²) in [5.74, 6) is -0.575. The molecule has 1 aromatic rings. The smallest absolute Gasteiger partial charge is 0.338 e. The fraction of sp³-hybridized carbons (Fsp3) is 0.529. The molecule has 7 nitrogen and oxygen atoms in total. The van der Waals surface area contributed by atoms with Crippen LogP contribution < -0.4 is 5.32 Å². The minimum atomic E-state index is -0.915. The van der Waals surface area contributed by atoms with Crippen LogP contribution in [-0.4, -0.2) is 28.9 Å². The molecule has 0 spiro atoms. The normalized spacial score (nSPS) is 21.6. The van der Waals surface area contributed by atoms with Crippen LogP contribution in [-0.2, 0) is 9.53 Å². The van der Waals surface area contributed by atoms with Gasteiger partial charge in [-0.2, -0.15) is 0 Å². The zero-order valence-corrected chi connectivity index (χ0v) is 13.9. The molecule has 1 aromatic carbocycles. The van der Waals surface area contributed by atoms with Crippen molar-refractivity contribution in [2.75, 3.05) is 0 Å². The standard InChI is InChI=1S/C17H22N2O5/c1-11-5-3-4-6-15(11)18-16(20)12(2)24-17(21)13-7-9-14(10-8-13)19(22)23/h7-12,15H,3-6H2,1-2H3,(H,18,20)/t11-,12+,15+/m0/s1. The molecule has 130 valence electrons. The number of hydrogen-bond acceptors (Lipinski definition) is 5. The van der Waals surface area contributed by atoms with Gasteiger partial charge in [0.2, 0.25) is 0 Å². The molecule has 1 saturated carbocycles. The van der Waals surface area contributed by atoms with E-state index in [-0.39, 0.29) is 23.2 Å². The number of nitrogens with zero attached hydrogens (tertiary/aromatic N) is 1.